The SMILES string of the molecule is CCCNC(CN(C)CC(C)OC)(C(N)=O)C1CC1. The summed E-state index contributed by atoms with van der Waals surface area (Å²) in [5.41, 5.74) is 5.13. The Morgan fingerprint density at radius 2 is 2.21 bits per heavy atom. The van der Waals surface area contributed by atoms with E-state index in [9.17, 15) is 4.79 Å². The van der Waals surface area contributed by atoms with Gasteiger partial charge in [-0.3, -0.25) is 4.79 Å². The number of methoxy groups -OCH3 is 1. The first-order valence-corrected chi connectivity index (χ1v) is 7.22. The zero-order chi connectivity index (χ0) is 14.5. The zero-order valence-corrected chi connectivity index (χ0v) is 12.7. The van der Waals surface area contributed by atoms with Crippen molar-refractivity contribution in [2.45, 2.75) is 44.8 Å². The highest BCUT2D eigenvalue weighted by Crippen LogP contribution is 2.40. The molecule has 0 spiro atoms. The maximum absolute atomic E-state index is 12.0. The fraction of sp³-hybridized carbons (Fsp3) is 0.929. The second kappa shape index (κ2) is 7.22. The van der Waals surface area contributed by atoms with E-state index in [4.69, 9.17) is 10.5 Å². The smallest absolute Gasteiger partial charge is 0.239 e. The average molecular weight is 271 g/mol. The summed E-state index contributed by atoms with van der Waals surface area (Å²) < 4.78 is 5.27. The molecule has 2 atom stereocenters. The van der Waals surface area contributed by atoms with Crippen molar-refractivity contribution < 1.29 is 9.53 Å². The number of nitrogens with two attached hydrogens (primary N) is 1. The van der Waals surface area contributed by atoms with Crippen molar-refractivity contribution in [1.82, 2.24) is 10.2 Å². The van der Waals surface area contributed by atoms with Crippen molar-refractivity contribution in [2.75, 3.05) is 33.8 Å². The van der Waals surface area contributed by atoms with Crippen LogP contribution in [0.25, 0.3) is 0 Å². The molecule has 1 saturated carbocycles. The van der Waals surface area contributed by atoms with Crippen LogP contribution in [-0.2, 0) is 9.53 Å². The average Bonchev–Trinajstić information content (AvgIpc) is 3.18. The molecule has 1 fully saturated rings. The van der Waals surface area contributed by atoms with Crippen molar-refractivity contribution >= 4 is 5.91 Å². The van der Waals surface area contributed by atoms with E-state index in [1.165, 1.54) is 0 Å². The summed E-state index contributed by atoms with van der Waals surface area (Å²) in [5.74, 6) is 0.164. The maximum atomic E-state index is 12.0. The molecule has 5 heteroatoms. The van der Waals surface area contributed by atoms with Gasteiger partial charge in [-0.1, -0.05) is 6.92 Å². The number of nitrogens with one attached hydrogen (secondary N) is 1. The minimum atomic E-state index is -0.571. The van der Waals surface area contributed by atoms with E-state index in [2.05, 4.69) is 17.1 Å². The molecule has 0 saturated heterocycles. The predicted octanol–water partition coefficient (Wildman–Crippen LogP) is 0.587. The molecule has 1 rings (SSSR count). The van der Waals surface area contributed by atoms with Crippen LogP contribution in [0.15, 0.2) is 0 Å². The van der Waals surface area contributed by atoms with Crippen LogP contribution >= 0.6 is 0 Å². The summed E-state index contributed by atoms with van der Waals surface area (Å²) in [4.78, 5) is 14.1. The van der Waals surface area contributed by atoms with Gasteiger partial charge in [-0.25, -0.2) is 0 Å². The Morgan fingerprint density at radius 3 is 2.63 bits per heavy atom. The Labute approximate surface area is 116 Å². The molecule has 0 aromatic carbocycles. The first-order valence-electron chi connectivity index (χ1n) is 7.22. The summed E-state index contributed by atoms with van der Waals surface area (Å²) in [7, 11) is 3.72. The number of primary amides is 1. The second-order valence-corrected chi connectivity index (χ2v) is 5.78. The molecule has 0 aromatic heterocycles. The third kappa shape index (κ3) is 4.44. The Morgan fingerprint density at radius 1 is 1.58 bits per heavy atom. The van der Waals surface area contributed by atoms with Crippen molar-refractivity contribution in [3.05, 3.63) is 0 Å². The lowest BCUT2D eigenvalue weighted by Crippen LogP contribution is -2.63. The third-order valence-corrected chi connectivity index (χ3v) is 3.89. The summed E-state index contributed by atoms with van der Waals surface area (Å²) >= 11 is 0. The molecule has 0 aliphatic heterocycles. The Kier molecular flexibility index (Phi) is 6.23. The quantitative estimate of drug-likeness (QED) is 0.610. The van der Waals surface area contributed by atoms with E-state index in [1.807, 2.05) is 14.0 Å². The molecule has 0 aromatic rings. The number of ether oxygens (including phenoxy) is 1. The molecule has 0 heterocycles. The highest BCUT2D eigenvalue weighted by atomic mass is 16.5. The molecule has 0 radical (unpaired) electrons. The van der Waals surface area contributed by atoms with E-state index >= 15 is 0 Å². The van der Waals surface area contributed by atoms with E-state index in [1.54, 1.807) is 7.11 Å². The van der Waals surface area contributed by atoms with Crippen LogP contribution in [0.4, 0.5) is 0 Å². The highest BCUT2D eigenvalue weighted by molar-refractivity contribution is 5.86. The van der Waals surface area contributed by atoms with Gasteiger partial charge in [-0.15, -0.1) is 0 Å². The maximum Gasteiger partial charge on any atom is 0.239 e. The summed E-state index contributed by atoms with van der Waals surface area (Å²) in [6, 6.07) is 0. The lowest BCUT2D eigenvalue weighted by molar-refractivity contribution is -0.126. The van der Waals surface area contributed by atoms with Gasteiger partial charge in [-0.05, 0) is 45.7 Å². The number of amides is 1. The number of likely N-dealkylation sites (N-methyl/N-ethyl adjacent to an activating group) is 1. The molecule has 1 aliphatic rings. The highest BCUT2D eigenvalue weighted by Gasteiger charge is 2.49. The Balaban J connectivity index is 2.69. The monoisotopic (exact) mass is 271 g/mol. The van der Waals surface area contributed by atoms with Gasteiger partial charge in [0.25, 0.3) is 0 Å². The zero-order valence-electron chi connectivity index (χ0n) is 12.7. The molecule has 1 amide bonds. The molecule has 3 N–H and O–H groups in total. The Bertz CT molecular complexity index is 294. The van der Waals surface area contributed by atoms with Gasteiger partial charge < -0.3 is 20.7 Å². The largest absolute Gasteiger partial charge is 0.380 e. The number of hydrogen-bond donors (Lipinski definition) is 2. The summed E-state index contributed by atoms with van der Waals surface area (Å²) in [6.07, 6.45) is 3.33. The molecular formula is C14H29N3O2. The summed E-state index contributed by atoms with van der Waals surface area (Å²) in [6.45, 7) is 6.40. The second-order valence-electron chi connectivity index (χ2n) is 5.78. The van der Waals surface area contributed by atoms with Crippen molar-refractivity contribution in [3.8, 4) is 0 Å². The van der Waals surface area contributed by atoms with Crippen molar-refractivity contribution in [1.29, 1.82) is 0 Å². The lowest BCUT2D eigenvalue weighted by atomic mass is 9.91. The number of hydrogen-bond acceptors (Lipinski definition) is 4. The summed E-state index contributed by atoms with van der Waals surface area (Å²) in [5, 5.41) is 3.41. The molecule has 5 nitrogen and oxygen atoms in total. The van der Waals surface area contributed by atoms with Gasteiger partial charge in [0.15, 0.2) is 0 Å². The van der Waals surface area contributed by atoms with Crippen LogP contribution in [0.1, 0.15) is 33.1 Å². The van der Waals surface area contributed by atoms with Crippen LogP contribution in [0.3, 0.4) is 0 Å². The molecule has 19 heavy (non-hydrogen) atoms. The minimum absolute atomic E-state index is 0.154. The van der Waals surface area contributed by atoms with Crippen molar-refractivity contribution in [3.63, 3.8) is 0 Å². The van der Waals surface area contributed by atoms with Crippen molar-refractivity contribution in [2.24, 2.45) is 11.7 Å². The fourth-order valence-corrected chi connectivity index (χ4v) is 2.62. The molecule has 2 unspecified atom stereocenters. The normalized spacial score (nSPS) is 20.3. The van der Waals surface area contributed by atoms with Gasteiger partial charge >= 0.3 is 0 Å². The predicted molar refractivity (Wildman–Crippen MR) is 76.9 cm³/mol. The number of carbonyl (C=O) groups excluding carboxylic acids is 1. The topological polar surface area (TPSA) is 67.6 Å². The lowest BCUT2D eigenvalue weighted by Gasteiger charge is -2.36. The van der Waals surface area contributed by atoms with Gasteiger partial charge in [0.05, 0.1) is 6.10 Å². The standard InChI is InChI=1S/C14H29N3O2/c1-5-8-16-14(13(15)18,12-6-7-12)10-17(3)9-11(2)19-4/h11-12,16H,5-10H2,1-4H3,(H2,15,18). The van der Waals surface area contributed by atoms with Gasteiger partial charge in [0.1, 0.15) is 5.54 Å². The molecular weight excluding hydrogens is 242 g/mol. The van der Waals surface area contributed by atoms with E-state index in [0.29, 0.717) is 12.5 Å². The van der Waals surface area contributed by atoms with E-state index < -0.39 is 5.54 Å². The van der Waals surface area contributed by atoms with Crippen LogP contribution in [0, 0.1) is 5.92 Å². The van der Waals surface area contributed by atoms with E-state index in [0.717, 1.165) is 32.4 Å². The van der Waals surface area contributed by atoms with Crippen LogP contribution in [-0.4, -0.2) is 56.2 Å². The number of carbonyl (C=O) groups is 1. The van der Waals surface area contributed by atoms with Crippen LogP contribution in [0.2, 0.25) is 0 Å². The molecule has 0 bridgehead atoms. The number of rotatable bonds is 10. The van der Waals surface area contributed by atoms with Crippen LogP contribution < -0.4 is 11.1 Å². The van der Waals surface area contributed by atoms with Gasteiger partial charge in [-0.2, -0.15) is 0 Å². The third-order valence-electron chi connectivity index (χ3n) is 3.89. The molecule has 112 valence electrons. The van der Waals surface area contributed by atoms with Gasteiger partial charge in [0, 0.05) is 20.2 Å². The first kappa shape index (κ1) is 16.4. The van der Waals surface area contributed by atoms with Gasteiger partial charge in [0.2, 0.25) is 5.91 Å². The van der Waals surface area contributed by atoms with Crippen LogP contribution in [0.5, 0.6) is 0 Å². The fourth-order valence-electron chi connectivity index (χ4n) is 2.62. The number of nitrogens with zero attached hydrogens (tertiary/aromatic N) is 1. The Hall–Kier alpha value is -0.650. The molecule has 1 aliphatic carbocycles. The minimum Gasteiger partial charge on any atom is -0.380 e. The van der Waals surface area contributed by atoms with E-state index in [-0.39, 0.29) is 12.0 Å². The first-order chi connectivity index (χ1) is 8.96.